The Hall–Kier alpha value is -1.00. The van der Waals surface area contributed by atoms with Crippen molar-refractivity contribution in [1.29, 1.82) is 0 Å². The predicted molar refractivity (Wildman–Crippen MR) is 70.1 cm³/mol. The fourth-order valence-electron chi connectivity index (χ4n) is 1.48. The summed E-state index contributed by atoms with van der Waals surface area (Å²) in [6.45, 7) is 2.53. The molecule has 3 nitrogen and oxygen atoms in total. The van der Waals surface area contributed by atoms with Gasteiger partial charge in [0.05, 0.1) is 18.7 Å². The molecule has 0 radical (unpaired) electrons. The van der Waals surface area contributed by atoms with E-state index in [4.69, 9.17) is 15.2 Å². The number of methoxy groups -OCH3 is 2. The van der Waals surface area contributed by atoms with Gasteiger partial charge in [0.1, 0.15) is 0 Å². The van der Waals surface area contributed by atoms with Crippen LogP contribution in [0.1, 0.15) is 11.1 Å². The van der Waals surface area contributed by atoms with Gasteiger partial charge in [-0.05, 0) is 40.0 Å². The summed E-state index contributed by atoms with van der Waals surface area (Å²) >= 11 is 3.52. The Morgan fingerprint density at radius 1 is 1.38 bits per heavy atom. The number of aryl methyl sites for hydroxylation is 1. The van der Waals surface area contributed by atoms with Crippen LogP contribution in [0.15, 0.2) is 16.6 Å². The van der Waals surface area contributed by atoms with Gasteiger partial charge in [-0.3, -0.25) is 0 Å². The first-order valence-corrected chi connectivity index (χ1v) is 5.72. The maximum Gasteiger partial charge on any atom is 0.175 e. The van der Waals surface area contributed by atoms with Gasteiger partial charge >= 0.3 is 0 Å². The lowest BCUT2D eigenvalue weighted by molar-refractivity contribution is 0.352. The van der Waals surface area contributed by atoms with E-state index in [2.05, 4.69) is 15.9 Å². The molecule has 0 aliphatic rings. The Labute approximate surface area is 104 Å². The highest BCUT2D eigenvalue weighted by atomic mass is 79.9. The number of rotatable bonds is 4. The van der Waals surface area contributed by atoms with Gasteiger partial charge in [0.2, 0.25) is 0 Å². The zero-order chi connectivity index (χ0) is 12.1. The van der Waals surface area contributed by atoms with E-state index >= 15 is 0 Å². The van der Waals surface area contributed by atoms with Crippen LogP contribution in [-0.2, 0) is 0 Å². The van der Waals surface area contributed by atoms with Crippen molar-refractivity contribution in [1.82, 2.24) is 0 Å². The normalized spacial score (nSPS) is 10.8. The van der Waals surface area contributed by atoms with Gasteiger partial charge in [-0.2, -0.15) is 0 Å². The standard InChI is InChI=1S/C12H16BrNO2/c1-8-7-10(15-2)12(16-3)11(13)9(8)5-4-6-14/h4-5,7H,6,14H2,1-3H3/b5-4+. The summed E-state index contributed by atoms with van der Waals surface area (Å²) < 4.78 is 11.4. The van der Waals surface area contributed by atoms with Crippen molar-refractivity contribution in [2.45, 2.75) is 6.92 Å². The van der Waals surface area contributed by atoms with E-state index < -0.39 is 0 Å². The van der Waals surface area contributed by atoms with Crippen LogP contribution in [-0.4, -0.2) is 20.8 Å². The zero-order valence-electron chi connectivity index (χ0n) is 9.71. The molecule has 0 heterocycles. The quantitative estimate of drug-likeness (QED) is 0.925. The molecule has 0 unspecified atom stereocenters. The first-order chi connectivity index (χ1) is 7.65. The molecule has 16 heavy (non-hydrogen) atoms. The van der Waals surface area contributed by atoms with Crippen molar-refractivity contribution in [2.75, 3.05) is 20.8 Å². The topological polar surface area (TPSA) is 44.5 Å². The minimum atomic E-state index is 0.514. The molecule has 88 valence electrons. The smallest absolute Gasteiger partial charge is 0.175 e. The number of benzene rings is 1. The number of hydrogen-bond acceptors (Lipinski definition) is 3. The summed E-state index contributed by atoms with van der Waals surface area (Å²) in [5, 5.41) is 0. The zero-order valence-corrected chi connectivity index (χ0v) is 11.3. The molecule has 0 bridgehead atoms. The number of ether oxygens (including phenoxy) is 2. The van der Waals surface area contributed by atoms with E-state index in [1.54, 1.807) is 14.2 Å². The summed E-state index contributed by atoms with van der Waals surface area (Å²) in [7, 11) is 3.24. The fraction of sp³-hybridized carbons (Fsp3) is 0.333. The maximum absolute atomic E-state index is 5.45. The molecule has 0 amide bonds. The Morgan fingerprint density at radius 3 is 2.56 bits per heavy atom. The van der Waals surface area contributed by atoms with Gasteiger partial charge in [-0.15, -0.1) is 0 Å². The van der Waals surface area contributed by atoms with Crippen molar-refractivity contribution in [3.05, 3.63) is 27.7 Å². The van der Waals surface area contributed by atoms with E-state index in [9.17, 15) is 0 Å². The Balaban J connectivity index is 3.34. The molecule has 1 aromatic carbocycles. The van der Waals surface area contributed by atoms with Gasteiger partial charge in [-0.1, -0.05) is 12.2 Å². The van der Waals surface area contributed by atoms with E-state index in [1.165, 1.54) is 0 Å². The molecular formula is C12H16BrNO2. The van der Waals surface area contributed by atoms with Crippen LogP contribution < -0.4 is 15.2 Å². The molecule has 0 aliphatic carbocycles. The van der Waals surface area contributed by atoms with Crippen LogP contribution in [0, 0.1) is 6.92 Å². The van der Waals surface area contributed by atoms with E-state index in [1.807, 2.05) is 25.1 Å². The van der Waals surface area contributed by atoms with Crippen LogP contribution in [0.2, 0.25) is 0 Å². The average Bonchev–Trinajstić information content (AvgIpc) is 2.28. The van der Waals surface area contributed by atoms with Crippen LogP contribution in [0.4, 0.5) is 0 Å². The van der Waals surface area contributed by atoms with Crippen molar-refractivity contribution >= 4 is 22.0 Å². The second kappa shape index (κ2) is 5.92. The molecule has 0 saturated carbocycles. The molecule has 0 aromatic heterocycles. The average molecular weight is 286 g/mol. The molecule has 1 rings (SSSR count). The molecule has 0 saturated heterocycles. The second-order valence-electron chi connectivity index (χ2n) is 3.29. The highest BCUT2D eigenvalue weighted by Crippen LogP contribution is 2.40. The third-order valence-electron chi connectivity index (χ3n) is 2.28. The molecule has 0 atom stereocenters. The summed E-state index contributed by atoms with van der Waals surface area (Å²) in [5.74, 6) is 1.42. The van der Waals surface area contributed by atoms with Crippen LogP contribution in [0.5, 0.6) is 11.5 Å². The molecule has 4 heteroatoms. The number of hydrogen-bond donors (Lipinski definition) is 1. The van der Waals surface area contributed by atoms with Crippen LogP contribution in [0.25, 0.3) is 6.08 Å². The van der Waals surface area contributed by atoms with Crippen LogP contribution >= 0.6 is 15.9 Å². The largest absolute Gasteiger partial charge is 0.493 e. The Kier molecular flexibility index (Phi) is 4.83. The van der Waals surface area contributed by atoms with Crippen molar-refractivity contribution in [3.8, 4) is 11.5 Å². The first kappa shape index (κ1) is 13.1. The third kappa shape index (κ3) is 2.57. The van der Waals surface area contributed by atoms with Crippen LogP contribution in [0.3, 0.4) is 0 Å². The van der Waals surface area contributed by atoms with Crippen molar-refractivity contribution < 1.29 is 9.47 Å². The minimum Gasteiger partial charge on any atom is -0.493 e. The maximum atomic E-state index is 5.45. The second-order valence-corrected chi connectivity index (χ2v) is 4.09. The van der Waals surface area contributed by atoms with E-state index in [-0.39, 0.29) is 0 Å². The highest BCUT2D eigenvalue weighted by Gasteiger charge is 2.13. The number of halogens is 1. The minimum absolute atomic E-state index is 0.514. The van der Waals surface area contributed by atoms with Gasteiger partial charge in [0.25, 0.3) is 0 Å². The lowest BCUT2D eigenvalue weighted by Crippen LogP contribution is -1.96. The molecule has 1 aromatic rings. The highest BCUT2D eigenvalue weighted by molar-refractivity contribution is 9.10. The lowest BCUT2D eigenvalue weighted by atomic mass is 10.1. The fourth-order valence-corrected chi connectivity index (χ4v) is 2.28. The van der Waals surface area contributed by atoms with Gasteiger partial charge in [0.15, 0.2) is 11.5 Å². The van der Waals surface area contributed by atoms with Gasteiger partial charge in [0, 0.05) is 6.54 Å². The monoisotopic (exact) mass is 285 g/mol. The summed E-state index contributed by atoms with van der Waals surface area (Å²) in [6, 6.07) is 1.94. The predicted octanol–water partition coefficient (Wildman–Crippen LogP) is 2.75. The molecule has 2 N–H and O–H groups in total. The summed E-state index contributed by atoms with van der Waals surface area (Å²) in [4.78, 5) is 0. The summed E-state index contributed by atoms with van der Waals surface area (Å²) in [5.41, 5.74) is 7.61. The van der Waals surface area contributed by atoms with Crippen molar-refractivity contribution in [3.63, 3.8) is 0 Å². The Bertz CT molecular complexity index is 402. The SMILES string of the molecule is COc1cc(C)c(/C=C/CN)c(Br)c1OC. The Morgan fingerprint density at radius 2 is 2.06 bits per heavy atom. The first-order valence-electron chi connectivity index (χ1n) is 4.93. The van der Waals surface area contributed by atoms with Gasteiger partial charge in [-0.25, -0.2) is 0 Å². The molecule has 0 spiro atoms. The lowest BCUT2D eigenvalue weighted by Gasteiger charge is -2.13. The van der Waals surface area contributed by atoms with Gasteiger partial charge < -0.3 is 15.2 Å². The third-order valence-corrected chi connectivity index (χ3v) is 3.06. The van der Waals surface area contributed by atoms with E-state index in [0.29, 0.717) is 12.3 Å². The van der Waals surface area contributed by atoms with E-state index in [0.717, 1.165) is 21.3 Å². The molecule has 0 fully saturated rings. The molecular weight excluding hydrogens is 270 g/mol. The summed E-state index contributed by atoms with van der Waals surface area (Å²) in [6.07, 6.45) is 3.88. The van der Waals surface area contributed by atoms with Crippen molar-refractivity contribution in [2.24, 2.45) is 5.73 Å². The molecule has 0 aliphatic heterocycles. The number of nitrogens with two attached hydrogens (primary N) is 1.